The standard InChI is InChI=1S/C10H11N5O2/c1-2-3-12-9(16)6-4-17-10(15-6)7-8(11)14-5-13-7/h2,4-5H,1,3,11H2,(H,12,16)(H,13,14). The van der Waals surface area contributed by atoms with Gasteiger partial charge in [-0.05, 0) is 0 Å². The molecule has 0 saturated heterocycles. The molecule has 0 spiro atoms. The van der Waals surface area contributed by atoms with Crippen LogP contribution in [0.1, 0.15) is 10.5 Å². The van der Waals surface area contributed by atoms with E-state index in [1.54, 1.807) is 6.08 Å². The zero-order chi connectivity index (χ0) is 12.3. The monoisotopic (exact) mass is 233 g/mol. The Kier molecular flexibility index (Phi) is 2.91. The van der Waals surface area contributed by atoms with Crippen LogP contribution in [0.2, 0.25) is 0 Å². The van der Waals surface area contributed by atoms with Gasteiger partial charge in [-0.25, -0.2) is 9.97 Å². The number of H-pyrrole nitrogens is 1. The number of imidazole rings is 1. The number of nitrogens with two attached hydrogens (primary N) is 1. The lowest BCUT2D eigenvalue weighted by atomic mass is 10.4. The van der Waals surface area contributed by atoms with Gasteiger partial charge in [-0.1, -0.05) is 6.08 Å². The SMILES string of the molecule is C=CCNC(=O)c1coc(-c2[nH]cnc2N)n1. The fourth-order valence-electron chi connectivity index (χ4n) is 1.22. The number of nitrogens with zero attached hydrogens (tertiary/aromatic N) is 2. The Morgan fingerprint density at radius 3 is 3.18 bits per heavy atom. The molecule has 88 valence electrons. The summed E-state index contributed by atoms with van der Waals surface area (Å²) in [4.78, 5) is 22.1. The van der Waals surface area contributed by atoms with E-state index < -0.39 is 0 Å². The average molecular weight is 233 g/mol. The van der Waals surface area contributed by atoms with Gasteiger partial charge in [0.15, 0.2) is 11.5 Å². The molecule has 0 unspecified atom stereocenters. The van der Waals surface area contributed by atoms with Crippen LogP contribution in [0.3, 0.4) is 0 Å². The molecule has 0 radical (unpaired) electrons. The molecule has 0 aliphatic rings. The molecule has 0 aromatic carbocycles. The number of anilines is 1. The lowest BCUT2D eigenvalue weighted by Gasteiger charge is -1.95. The minimum Gasteiger partial charge on any atom is -0.442 e. The first kappa shape index (κ1) is 10.9. The van der Waals surface area contributed by atoms with E-state index in [0.717, 1.165) is 0 Å². The number of hydrogen-bond acceptors (Lipinski definition) is 5. The summed E-state index contributed by atoms with van der Waals surface area (Å²) in [5.74, 6) is 0.159. The van der Waals surface area contributed by atoms with Crippen LogP contribution >= 0.6 is 0 Å². The molecular weight excluding hydrogens is 222 g/mol. The number of nitrogen functional groups attached to an aromatic ring is 1. The second-order valence-electron chi connectivity index (χ2n) is 3.20. The highest BCUT2D eigenvalue weighted by Gasteiger charge is 2.15. The van der Waals surface area contributed by atoms with Gasteiger partial charge in [0.2, 0.25) is 5.89 Å². The highest BCUT2D eigenvalue weighted by molar-refractivity contribution is 5.92. The number of aromatic nitrogens is 3. The van der Waals surface area contributed by atoms with Gasteiger partial charge in [0.05, 0.1) is 6.33 Å². The molecule has 2 aromatic rings. The highest BCUT2D eigenvalue weighted by atomic mass is 16.3. The Morgan fingerprint density at radius 2 is 2.53 bits per heavy atom. The Labute approximate surface area is 96.8 Å². The number of amides is 1. The van der Waals surface area contributed by atoms with Crippen LogP contribution in [0.15, 0.2) is 29.7 Å². The van der Waals surface area contributed by atoms with Crippen molar-refractivity contribution in [1.82, 2.24) is 20.3 Å². The lowest BCUT2D eigenvalue weighted by molar-refractivity contribution is 0.0953. The number of hydrogen-bond donors (Lipinski definition) is 3. The first-order valence-electron chi connectivity index (χ1n) is 4.86. The van der Waals surface area contributed by atoms with E-state index in [1.165, 1.54) is 12.6 Å². The third-order valence-corrected chi connectivity index (χ3v) is 2.03. The van der Waals surface area contributed by atoms with Gasteiger partial charge in [0.25, 0.3) is 5.91 Å². The van der Waals surface area contributed by atoms with Crippen LogP contribution < -0.4 is 11.1 Å². The Balaban J connectivity index is 2.19. The highest BCUT2D eigenvalue weighted by Crippen LogP contribution is 2.20. The van der Waals surface area contributed by atoms with Gasteiger partial charge in [-0.3, -0.25) is 4.79 Å². The van der Waals surface area contributed by atoms with Crippen molar-refractivity contribution >= 4 is 11.7 Å². The summed E-state index contributed by atoms with van der Waals surface area (Å²) in [6.07, 6.45) is 4.26. The van der Waals surface area contributed by atoms with Crippen molar-refractivity contribution in [1.29, 1.82) is 0 Å². The molecule has 0 fully saturated rings. The zero-order valence-electron chi connectivity index (χ0n) is 8.93. The number of aromatic amines is 1. The van der Waals surface area contributed by atoms with Crippen LogP contribution in [0, 0.1) is 0 Å². The topological polar surface area (TPSA) is 110 Å². The van der Waals surface area contributed by atoms with E-state index >= 15 is 0 Å². The van der Waals surface area contributed by atoms with E-state index in [2.05, 4.69) is 26.8 Å². The average Bonchev–Trinajstić information content (AvgIpc) is 2.93. The van der Waals surface area contributed by atoms with Crippen molar-refractivity contribution in [3.63, 3.8) is 0 Å². The second kappa shape index (κ2) is 4.52. The lowest BCUT2D eigenvalue weighted by Crippen LogP contribution is -2.23. The van der Waals surface area contributed by atoms with Crippen molar-refractivity contribution in [2.75, 3.05) is 12.3 Å². The molecular formula is C10H11N5O2. The van der Waals surface area contributed by atoms with Crippen LogP contribution in [0.25, 0.3) is 11.6 Å². The van der Waals surface area contributed by atoms with Crippen LogP contribution in [0.5, 0.6) is 0 Å². The first-order chi connectivity index (χ1) is 8.22. The molecule has 0 aliphatic heterocycles. The quantitative estimate of drug-likeness (QED) is 0.668. The van der Waals surface area contributed by atoms with Crippen molar-refractivity contribution < 1.29 is 9.21 Å². The minimum absolute atomic E-state index is 0.177. The molecule has 17 heavy (non-hydrogen) atoms. The summed E-state index contributed by atoms with van der Waals surface area (Å²) in [5.41, 5.74) is 6.21. The largest absolute Gasteiger partial charge is 0.442 e. The number of rotatable bonds is 4. The van der Waals surface area contributed by atoms with Crippen LogP contribution in [-0.4, -0.2) is 27.4 Å². The minimum atomic E-state index is -0.335. The number of carbonyl (C=O) groups excluding carboxylic acids is 1. The molecule has 0 aliphatic carbocycles. The number of nitrogens with one attached hydrogen (secondary N) is 2. The van der Waals surface area contributed by atoms with Gasteiger partial charge >= 0.3 is 0 Å². The molecule has 0 atom stereocenters. The predicted molar refractivity (Wildman–Crippen MR) is 61.0 cm³/mol. The molecule has 2 aromatic heterocycles. The van der Waals surface area contributed by atoms with E-state index in [0.29, 0.717) is 12.2 Å². The van der Waals surface area contributed by atoms with Gasteiger partial charge in [0, 0.05) is 6.54 Å². The Bertz CT molecular complexity index is 542. The number of carbonyl (C=O) groups is 1. The third kappa shape index (κ3) is 2.17. The van der Waals surface area contributed by atoms with Crippen molar-refractivity contribution in [2.24, 2.45) is 0 Å². The molecule has 7 nitrogen and oxygen atoms in total. The summed E-state index contributed by atoms with van der Waals surface area (Å²) in [6, 6.07) is 0. The van der Waals surface area contributed by atoms with E-state index in [1.807, 2.05) is 0 Å². The van der Waals surface area contributed by atoms with Crippen molar-refractivity contribution in [3.8, 4) is 11.6 Å². The maximum atomic E-state index is 11.5. The van der Waals surface area contributed by atoms with E-state index in [9.17, 15) is 4.79 Å². The van der Waals surface area contributed by atoms with E-state index in [-0.39, 0.29) is 23.3 Å². The van der Waals surface area contributed by atoms with Gasteiger partial charge in [0.1, 0.15) is 12.0 Å². The second-order valence-corrected chi connectivity index (χ2v) is 3.20. The summed E-state index contributed by atoms with van der Waals surface area (Å²) in [7, 11) is 0. The fraction of sp³-hybridized carbons (Fsp3) is 0.100. The molecule has 1 amide bonds. The van der Waals surface area contributed by atoms with Crippen molar-refractivity contribution in [3.05, 3.63) is 30.9 Å². The number of oxazole rings is 1. The normalized spacial score (nSPS) is 10.1. The maximum absolute atomic E-state index is 11.5. The molecule has 0 saturated carbocycles. The van der Waals surface area contributed by atoms with Crippen LogP contribution in [0.4, 0.5) is 5.82 Å². The first-order valence-corrected chi connectivity index (χ1v) is 4.86. The Hall–Kier alpha value is -2.57. The molecule has 7 heteroatoms. The molecule has 2 rings (SSSR count). The Morgan fingerprint density at radius 1 is 1.71 bits per heavy atom. The zero-order valence-corrected chi connectivity index (χ0v) is 8.93. The molecule has 4 N–H and O–H groups in total. The summed E-state index contributed by atoms with van der Waals surface area (Å²) < 4.78 is 5.14. The van der Waals surface area contributed by atoms with Gasteiger partial charge in [-0.15, -0.1) is 6.58 Å². The molecule has 2 heterocycles. The third-order valence-electron chi connectivity index (χ3n) is 2.03. The molecule has 0 bridgehead atoms. The maximum Gasteiger partial charge on any atom is 0.273 e. The summed E-state index contributed by atoms with van der Waals surface area (Å²) in [6.45, 7) is 3.86. The van der Waals surface area contributed by atoms with Crippen molar-refractivity contribution in [2.45, 2.75) is 0 Å². The fourth-order valence-corrected chi connectivity index (χ4v) is 1.22. The van der Waals surface area contributed by atoms with Crippen LogP contribution in [-0.2, 0) is 0 Å². The van der Waals surface area contributed by atoms with Gasteiger partial charge < -0.3 is 20.5 Å². The van der Waals surface area contributed by atoms with E-state index in [4.69, 9.17) is 10.2 Å². The smallest absolute Gasteiger partial charge is 0.273 e. The predicted octanol–water partition coefficient (Wildman–Crippen LogP) is 0.563. The summed E-state index contributed by atoms with van der Waals surface area (Å²) >= 11 is 0. The van der Waals surface area contributed by atoms with Gasteiger partial charge in [-0.2, -0.15) is 0 Å². The summed E-state index contributed by atoms with van der Waals surface area (Å²) in [5, 5.41) is 2.59.